The standard InChI is InChI=1S/C13H28N2/c1-4-15(10-12(2)3)9-8-13(11-14)6-5-7-13/h12H,4-11,14H2,1-3H3. The number of nitrogens with two attached hydrogens (primary N) is 1. The molecule has 0 radical (unpaired) electrons. The molecule has 2 N–H and O–H groups in total. The van der Waals surface area contributed by atoms with E-state index in [-0.39, 0.29) is 0 Å². The zero-order valence-corrected chi connectivity index (χ0v) is 10.8. The van der Waals surface area contributed by atoms with Crippen LogP contribution in [0.2, 0.25) is 0 Å². The Bertz CT molecular complexity index is 168. The van der Waals surface area contributed by atoms with Crippen LogP contribution in [0.25, 0.3) is 0 Å². The van der Waals surface area contributed by atoms with E-state index in [0.29, 0.717) is 5.41 Å². The van der Waals surface area contributed by atoms with Gasteiger partial charge >= 0.3 is 0 Å². The minimum Gasteiger partial charge on any atom is -0.330 e. The molecule has 0 saturated heterocycles. The molecule has 0 aliphatic heterocycles. The molecule has 0 aromatic heterocycles. The first-order chi connectivity index (χ1) is 7.12. The number of nitrogens with zero attached hydrogens (tertiary/aromatic N) is 1. The fourth-order valence-electron chi connectivity index (χ4n) is 2.52. The summed E-state index contributed by atoms with van der Waals surface area (Å²) < 4.78 is 0. The van der Waals surface area contributed by atoms with E-state index in [0.717, 1.165) is 12.5 Å². The largest absolute Gasteiger partial charge is 0.330 e. The van der Waals surface area contributed by atoms with E-state index in [1.807, 2.05) is 0 Å². The molecule has 15 heavy (non-hydrogen) atoms. The Morgan fingerprint density at radius 2 is 2.00 bits per heavy atom. The first kappa shape index (κ1) is 13.0. The van der Waals surface area contributed by atoms with E-state index in [9.17, 15) is 0 Å². The molecule has 0 unspecified atom stereocenters. The summed E-state index contributed by atoms with van der Waals surface area (Å²) >= 11 is 0. The normalized spacial score (nSPS) is 19.6. The predicted octanol–water partition coefficient (Wildman–Crippen LogP) is 2.48. The molecule has 2 heteroatoms. The molecule has 1 saturated carbocycles. The van der Waals surface area contributed by atoms with E-state index in [2.05, 4.69) is 25.7 Å². The summed E-state index contributed by atoms with van der Waals surface area (Å²) in [5.74, 6) is 0.778. The minimum absolute atomic E-state index is 0.518. The van der Waals surface area contributed by atoms with Crippen LogP contribution in [-0.4, -0.2) is 31.1 Å². The Morgan fingerprint density at radius 1 is 1.33 bits per heavy atom. The van der Waals surface area contributed by atoms with Gasteiger partial charge in [0.25, 0.3) is 0 Å². The lowest BCUT2D eigenvalue weighted by Crippen LogP contribution is -2.41. The molecule has 0 aromatic rings. The van der Waals surface area contributed by atoms with Crippen LogP contribution in [-0.2, 0) is 0 Å². The maximum atomic E-state index is 5.88. The third-order valence-corrected chi connectivity index (χ3v) is 3.88. The molecule has 90 valence electrons. The summed E-state index contributed by atoms with van der Waals surface area (Å²) in [5.41, 5.74) is 6.40. The van der Waals surface area contributed by atoms with Crippen molar-refractivity contribution in [2.45, 2.75) is 46.5 Å². The van der Waals surface area contributed by atoms with Crippen molar-refractivity contribution in [2.75, 3.05) is 26.2 Å². The molecule has 0 atom stereocenters. The van der Waals surface area contributed by atoms with E-state index in [1.165, 1.54) is 45.3 Å². The van der Waals surface area contributed by atoms with Crippen LogP contribution in [0.15, 0.2) is 0 Å². The van der Waals surface area contributed by atoms with Crippen LogP contribution in [0, 0.1) is 11.3 Å². The Kier molecular flexibility index (Phi) is 5.07. The molecule has 2 nitrogen and oxygen atoms in total. The van der Waals surface area contributed by atoms with Crippen molar-refractivity contribution in [1.82, 2.24) is 4.90 Å². The lowest BCUT2D eigenvalue weighted by molar-refractivity contribution is 0.104. The maximum Gasteiger partial charge on any atom is 0.000427 e. The maximum absolute atomic E-state index is 5.88. The van der Waals surface area contributed by atoms with Gasteiger partial charge in [0.05, 0.1) is 0 Å². The smallest absolute Gasteiger partial charge is 0.000427 e. The average Bonchev–Trinajstić information content (AvgIpc) is 2.14. The highest BCUT2D eigenvalue weighted by atomic mass is 15.1. The van der Waals surface area contributed by atoms with Crippen molar-refractivity contribution in [1.29, 1.82) is 0 Å². The van der Waals surface area contributed by atoms with Gasteiger partial charge < -0.3 is 10.6 Å². The van der Waals surface area contributed by atoms with Crippen LogP contribution >= 0.6 is 0 Å². The van der Waals surface area contributed by atoms with Crippen molar-refractivity contribution >= 4 is 0 Å². The van der Waals surface area contributed by atoms with Crippen LogP contribution in [0.4, 0.5) is 0 Å². The lowest BCUT2D eigenvalue weighted by Gasteiger charge is -2.42. The van der Waals surface area contributed by atoms with Gasteiger partial charge in [0, 0.05) is 6.54 Å². The fraction of sp³-hybridized carbons (Fsp3) is 1.00. The number of rotatable bonds is 7. The van der Waals surface area contributed by atoms with Gasteiger partial charge in [0.15, 0.2) is 0 Å². The van der Waals surface area contributed by atoms with Gasteiger partial charge in [-0.25, -0.2) is 0 Å². The second-order valence-corrected chi connectivity index (χ2v) is 5.59. The Hall–Kier alpha value is -0.0800. The van der Waals surface area contributed by atoms with Crippen molar-refractivity contribution in [2.24, 2.45) is 17.1 Å². The molecule has 0 bridgehead atoms. The van der Waals surface area contributed by atoms with Crippen LogP contribution in [0.5, 0.6) is 0 Å². The van der Waals surface area contributed by atoms with Gasteiger partial charge in [0.1, 0.15) is 0 Å². The topological polar surface area (TPSA) is 29.3 Å². The highest BCUT2D eigenvalue weighted by molar-refractivity contribution is 4.89. The first-order valence-corrected chi connectivity index (χ1v) is 6.54. The second-order valence-electron chi connectivity index (χ2n) is 5.59. The summed E-state index contributed by atoms with van der Waals surface area (Å²) in [6.45, 7) is 11.4. The lowest BCUT2D eigenvalue weighted by atomic mass is 9.66. The fourth-order valence-corrected chi connectivity index (χ4v) is 2.52. The van der Waals surface area contributed by atoms with Gasteiger partial charge in [-0.1, -0.05) is 27.2 Å². The summed E-state index contributed by atoms with van der Waals surface area (Å²) in [7, 11) is 0. The van der Waals surface area contributed by atoms with Crippen LogP contribution in [0.1, 0.15) is 46.5 Å². The van der Waals surface area contributed by atoms with Gasteiger partial charge in [-0.15, -0.1) is 0 Å². The molecule has 0 heterocycles. The van der Waals surface area contributed by atoms with E-state index < -0.39 is 0 Å². The molecular weight excluding hydrogens is 184 g/mol. The molecule has 0 amide bonds. The summed E-state index contributed by atoms with van der Waals surface area (Å²) in [6, 6.07) is 0. The first-order valence-electron chi connectivity index (χ1n) is 6.54. The third kappa shape index (κ3) is 3.76. The average molecular weight is 212 g/mol. The minimum atomic E-state index is 0.518. The third-order valence-electron chi connectivity index (χ3n) is 3.88. The summed E-state index contributed by atoms with van der Waals surface area (Å²) in [6.07, 6.45) is 5.43. The van der Waals surface area contributed by atoms with E-state index in [1.54, 1.807) is 0 Å². The Labute approximate surface area is 95.2 Å². The predicted molar refractivity (Wildman–Crippen MR) is 66.9 cm³/mol. The second kappa shape index (κ2) is 5.86. The molecule has 1 rings (SSSR count). The van der Waals surface area contributed by atoms with E-state index in [4.69, 9.17) is 5.73 Å². The van der Waals surface area contributed by atoms with Gasteiger partial charge in [-0.2, -0.15) is 0 Å². The van der Waals surface area contributed by atoms with Gasteiger partial charge in [-0.05, 0) is 50.2 Å². The van der Waals surface area contributed by atoms with Gasteiger partial charge in [0.2, 0.25) is 0 Å². The zero-order valence-electron chi connectivity index (χ0n) is 10.8. The van der Waals surface area contributed by atoms with Crippen LogP contribution < -0.4 is 5.73 Å². The molecule has 1 aliphatic carbocycles. The summed E-state index contributed by atoms with van der Waals surface area (Å²) in [4.78, 5) is 2.57. The number of hydrogen-bond acceptors (Lipinski definition) is 2. The van der Waals surface area contributed by atoms with E-state index >= 15 is 0 Å². The molecule has 0 aromatic carbocycles. The molecule has 1 aliphatic rings. The van der Waals surface area contributed by atoms with Crippen molar-refractivity contribution in [3.05, 3.63) is 0 Å². The Morgan fingerprint density at radius 3 is 2.33 bits per heavy atom. The highest BCUT2D eigenvalue weighted by Crippen LogP contribution is 2.42. The van der Waals surface area contributed by atoms with Crippen molar-refractivity contribution in [3.8, 4) is 0 Å². The van der Waals surface area contributed by atoms with Crippen LogP contribution in [0.3, 0.4) is 0 Å². The quantitative estimate of drug-likeness (QED) is 0.702. The molecular formula is C13H28N2. The monoisotopic (exact) mass is 212 g/mol. The highest BCUT2D eigenvalue weighted by Gasteiger charge is 2.35. The van der Waals surface area contributed by atoms with Gasteiger partial charge in [-0.3, -0.25) is 0 Å². The Balaban J connectivity index is 2.26. The van der Waals surface area contributed by atoms with Crippen molar-refractivity contribution in [3.63, 3.8) is 0 Å². The molecule has 1 fully saturated rings. The SMILES string of the molecule is CCN(CCC1(CN)CCC1)CC(C)C. The zero-order chi connectivity index (χ0) is 11.3. The number of hydrogen-bond donors (Lipinski definition) is 1. The molecule has 0 spiro atoms. The summed E-state index contributed by atoms with van der Waals surface area (Å²) in [5, 5.41) is 0. The van der Waals surface area contributed by atoms with Crippen molar-refractivity contribution < 1.29 is 0 Å².